The molecule has 0 heterocycles. The summed E-state index contributed by atoms with van der Waals surface area (Å²) in [6, 6.07) is 7.88. The number of carbonyl (C=O) groups is 2. The van der Waals surface area contributed by atoms with Crippen LogP contribution in [0.5, 0.6) is 0 Å². The van der Waals surface area contributed by atoms with E-state index in [9.17, 15) is 18.0 Å². The van der Waals surface area contributed by atoms with E-state index in [1.54, 1.807) is 24.3 Å². The number of para-hydroxylation sites is 1. The number of hydrogen-bond acceptors (Lipinski definition) is 4. The average Bonchev–Trinajstić information content (AvgIpc) is 2.34. The Labute approximate surface area is 118 Å². The summed E-state index contributed by atoms with van der Waals surface area (Å²) in [5.41, 5.74) is 0.590. The SMILES string of the molecule is CC(=O)N[C@@H](CCS(C)(=O)=O)C(=O)Nc1ccccc1. The van der Waals surface area contributed by atoms with Crippen LogP contribution in [0.25, 0.3) is 0 Å². The van der Waals surface area contributed by atoms with Crippen molar-refractivity contribution in [2.75, 3.05) is 17.3 Å². The quantitative estimate of drug-likeness (QED) is 0.803. The van der Waals surface area contributed by atoms with Gasteiger partial charge in [-0.15, -0.1) is 0 Å². The third-order valence-corrected chi connectivity index (χ3v) is 3.49. The van der Waals surface area contributed by atoms with Crippen LogP contribution in [0.15, 0.2) is 30.3 Å². The maximum Gasteiger partial charge on any atom is 0.246 e. The van der Waals surface area contributed by atoms with Crippen LogP contribution in [-0.4, -0.2) is 38.3 Å². The highest BCUT2D eigenvalue weighted by atomic mass is 32.2. The first-order chi connectivity index (χ1) is 9.28. The van der Waals surface area contributed by atoms with Gasteiger partial charge in [0.25, 0.3) is 0 Å². The molecule has 0 saturated heterocycles. The average molecular weight is 298 g/mol. The third-order valence-electron chi connectivity index (χ3n) is 2.51. The molecule has 1 aromatic rings. The lowest BCUT2D eigenvalue weighted by Gasteiger charge is -2.17. The van der Waals surface area contributed by atoms with E-state index in [0.29, 0.717) is 5.69 Å². The number of rotatable bonds is 6. The first-order valence-electron chi connectivity index (χ1n) is 6.08. The maximum atomic E-state index is 12.0. The maximum absolute atomic E-state index is 12.0. The van der Waals surface area contributed by atoms with E-state index >= 15 is 0 Å². The van der Waals surface area contributed by atoms with Gasteiger partial charge in [0.1, 0.15) is 15.9 Å². The molecule has 0 saturated carbocycles. The van der Waals surface area contributed by atoms with Crippen LogP contribution in [0.4, 0.5) is 5.69 Å². The highest BCUT2D eigenvalue weighted by Gasteiger charge is 2.21. The molecule has 0 bridgehead atoms. The Morgan fingerprint density at radius 2 is 1.80 bits per heavy atom. The van der Waals surface area contributed by atoms with Gasteiger partial charge in [0.05, 0.1) is 5.75 Å². The molecule has 1 rings (SSSR count). The van der Waals surface area contributed by atoms with Gasteiger partial charge < -0.3 is 10.6 Å². The summed E-state index contributed by atoms with van der Waals surface area (Å²) in [7, 11) is -3.19. The number of nitrogens with one attached hydrogen (secondary N) is 2. The Morgan fingerprint density at radius 3 is 2.30 bits per heavy atom. The Balaban J connectivity index is 2.71. The van der Waals surface area contributed by atoms with Crippen molar-refractivity contribution >= 4 is 27.3 Å². The number of hydrogen-bond donors (Lipinski definition) is 2. The molecule has 6 nitrogen and oxygen atoms in total. The van der Waals surface area contributed by atoms with Crippen molar-refractivity contribution < 1.29 is 18.0 Å². The highest BCUT2D eigenvalue weighted by molar-refractivity contribution is 7.90. The molecule has 0 spiro atoms. The third kappa shape index (κ3) is 6.33. The van der Waals surface area contributed by atoms with Gasteiger partial charge in [0.2, 0.25) is 11.8 Å². The molecular weight excluding hydrogens is 280 g/mol. The van der Waals surface area contributed by atoms with Crippen molar-refractivity contribution in [2.24, 2.45) is 0 Å². The van der Waals surface area contributed by atoms with Crippen LogP contribution < -0.4 is 10.6 Å². The van der Waals surface area contributed by atoms with E-state index in [1.165, 1.54) is 6.92 Å². The lowest BCUT2D eigenvalue weighted by molar-refractivity contribution is -0.125. The Bertz CT molecular complexity index is 569. The van der Waals surface area contributed by atoms with E-state index in [0.717, 1.165) is 6.26 Å². The predicted molar refractivity (Wildman–Crippen MR) is 77.0 cm³/mol. The lowest BCUT2D eigenvalue weighted by atomic mass is 10.2. The summed E-state index contributed by atoms with van der Waals surface area (Å²) in [6.45, 7) is 1.28. The highest BCUT2D eigenvalue weighted by Crippen LogP contribution is 2.07. The molecule has 1 aromatic carbocycles. The molecule has 0 aliphatic carbocycles. The van der Waals surface area contributed by atoms with Crippen molar-refractivity contribution in [1.29, 1.82) is 0 Å². The van der Waals surface area contributed by atoms with Crippen LogP contribution in [-0.2, 0) is 19.4 Å². The van der Waals surface area contributed by atoms with Crippen LogP contribution in [0.2, 0.25) is 0 Å². The van der Waals surface area contributed by atoms with Gasteiger partial charge in [-0.2, -0.15) is 0 Å². The van der Waals surface area contributed by atoms with Gasteiger partial charge >= 0.3 is 0 Å². The number of sulfone groups is 1. The monoisotopic (exact) mass is 298 g/mol. The summed E-state index contributed by atoms with van der Waals surface area (Å²) in [5.74, 6) is -0.984. The largest absolute Gasteiger partial charge is 0.345 e. The minimum absolute atomic E-state index is 0.0388. The molecule has 2 N–H and O–H groups in total. The summed E-state index contributed by atoms with van der Waals surface area (Å²) in [5, 5.41) is 5.09. The fraction of sp³-hybridized carbons (Fsp3) is 0.385. The zero-order valence-corrected chi connectivity index (χ0v) is 12.2. The smallest absolute Gasteiger partial charge is 0.246 e. The number of carbonyl (C=O) groups excluding carboxylic acids is 2. The number of amides is 2. The Morgan fingerprint density at radius 1 is 1.20 bits per heavy atom. The van der Waals surface area contributed by atoms with Crippen LogP contribution in [0.3, 0.4) is 0 Å². The van der Waals surface area contributed by atoms with Crippen molar-refractivity contribution in [3.63, 3.8) is 0 Å². The van der Waals surface area contributed by atoms with Crippen molar-refractivity contribution in [1.82, 2.24) is 5.32 Å². The van der Waals surface area contributed by atoms with E-state index in [1.807, 2.05) is 6.07 Å². The van der Waals surface area contributed by atoms with Crippen molar-refractivity contribution in [3.8, 4) is 0 Å². The molecule has 0 aromatic heterocycles. The van der Waals surface area contributed by atoms with Crippen molar-refractivity contribution in [2.45, 2.75) is 19.4 Å². The normalized spacial score (nSPS) is 12.5. The van der Waals surface area contributed by atoms with E-state index < -0.39 is 21.8 Å². The zero-order valence-electron chi connectivity index (χ0n) is 11.4. The van der Waals surface area contributed by atoms with E-state index in [2.05, 4.69) is 10.6 Å². The lowest BCUT2D eigenvalue weighted by Crippen LogP contribution is -2.43. The van der Waals surface area contributed by atoms with Crippen LogP contribution >= 0.6 is 0 Å². The first-order valence-corrected chi connectivity index (χ1v) is 8.15. The van der Waals surface area contributed by atoms with E-state index in [4.69, 9.17) is 0 Å². The second-order valence-electron chi connectivity index (χ2n) is 4.53. The molecule has 0 unspecified atom stereocenters. The molecule has 1 atom stereocenters. The molecule has 7 heteroatoms. The molecule has 110 valence electrons. The Hall–Kier alpha value is -1.89. The van der Waals surface area contributed by atoms with Gasteiger partial charge in [0.15, 0.2) is 0 Å². The van der Waals surface area contributed by atoms with Gasteiger partial charge in [-0.25, -0.2) is 8.42 Å². The van der Waals surface area contributed by atoms with Gasteiger partial charge in [-0.3, -0.25) is 9.59 Å². The second kappa shape index (κ2) is 7.04. The van der Waals surface area contributed by atoms with Gasteiger partial charge in [0, 0.05) is 18.9 Å². The zero-order chi connectivity index (χ0) is 15.2. The van der Waals surface area contributed by atoms with Crippen LogP contribution in [0.1, 0.15) is 13.3 Å². The number of anilines is 1. The van der Waals surface area contributed by atoms with Crippen molar-refractivity contribution in [3.05, 3.63) is 30.3 Å². The van der Waals surface area contributed by atoms with Gasteiger partial charge in [-0.1, -0.05) is 18.2 Å². The molecule has 0 aliphatic rings. The fourth-order valence-corrected chi connectivity index (χ4v) is 2.26. The summed E-state index contributed by atoms with van der Waals surface area (Å²) < 4.78 is 22.3. The Kier molecular flexibility index (Phi) is 5.69. The summed E-state index contributed by atoms with van der Waals surface area (Å²) >= 11 is 0. The van der Waals surface area contributed by atoms with Gasteiger partial charge in [-0.05, 0) is 18.6 Å². The molecule has 2 amide bonds. The minimum atomic E-state index is -3.19. The standard InChI is InChI=1S/C13H18N2O4S/c1-10(16)14-12(8-9-20(2,18)19)13(17)15-11-6-4-3-5-7-11/h3-7,12H,8-9H2,1-2H3,(H,14,16)(H,15,17)/t12-/m0/s1. The van der Waals surface area contributed by atoms with Crippen LogP contribution in [0, 0.1) is 0 Å². The summed E-state index contributed by atoms with van der Waals surface area (Å²) in [4.78, 5) is 23.1. The van der Waals surface area contributed by atoms with E-state index in [-0.39, 0.29) is 18.1 Å². The molecule has 0 aliphatic heterocycles. The number of benzene rings is 1. The molecular formula is C13H18N2O4S. The fourth-order valence-electron chi connectivity index (χ4n) is 1.60. The minimum Gasteiger partial charge on any atom is -0.345 e. The topological polar surface area (TPSA) is 92.3 Å². The molecule has 0 radical (unpaired) electrons. The molecule has 20 heavy (non-hydrogen) atoms. The first kappa shape index (κ1) is 16.2. The molecule has 0 fully saturated rings. The summed E-state index contributed by atoms with van der Waals surface area (Å²) in [6.07, 6.45) is 1.13. The second-order valence-corrected chi connectivity index (χ2v) is 6.79. The predicted octanol–water partition coefficient (Wildman–Crippen LogP) is 0.565.